The van der Waals surface area contributed by atoms with Crippen molar-refractivity contribution in [3.63, 3.8) is 0 Å². The van der Waals surface area contributed by atoms with Gasteiger partial charge in [-0.2, -0.15) is 0 Å². The zero-order valence-corrected chi connectivity index (χ0v) is 18.6. The molecule has 2 aromatic heterocycles. The summed E-state index contributed by atoms with van der Waals surface area (Å²) in [7, 11) is 1.31. The molecule has 2 heterocycles. The van der Waals surface area contributed by atoms with E-state index in [0.29, 0.717) is 23.6 Å². The highest BCUT2D eigenvalue weighted by Gasteiger charge is 2.26. The first-order valence-electron chi connectivity index (χ1n) is 10.4. The smallest absolute Gasteiger partial charge is 0.341 e. The van der Waals surface area contributed by atoms with Gasteiger partial charge >= 0.3 is 11.9 Å². The zero-order valence-electron chi connectivity index (χ0n) is 18.6. The molecule has 0 radical (unpaired) electrons. The molecule has 0 bridgehead atoms. The van der Waals surface area contributed by atoms with E-state index >= 15 is 0 Å². The number of fused-ring (bicyclic) bond motifs is 1. The lowest BCUT2D eigenvalue weighted by atomic mass is 9.97. The Morgan fingerprint density at radius 3 is 2.44 bits per heavy atom. The number of carbonyl (C=O) groups is 3. The molecule has 3 aromatic rings. The van der Waals surface area contributed by atoms with Gasteiger partial charge in [0.05, 0.1) is 13.0 Å². The fourth-order valence-electron chi connectivity index (χ4n) is 3.51. The first kappa shape index (κ1) is 23.0. The molecule has 168 valence electrons. The molecule has 0 fully saturated rings. The van der Waals surface area contributed by atoms with Gasteiger partial charge in [-0.15, -0.1) is 0 Å². The Morgan fingerprint density at radius 1 is 1.09 bits per heavy atom. The van der Waals surface area contributed by atoms with E-state index in [0.717, 1.165) is 5.56 Å². The number of pyridine rings is 1. The Bertz CT molecular complexity index is 1120. The number of hydrogen-bond donors (Lipinski definition) is 1. The fraction of sp³-hybridized carbons (Fsp3) is 0.333. The van der Waals surface area contributed by atoms with E-state index in [1.54, 1.807) is 22.7 Å². The number of carbonyl (C=O) groups excluding carboxylic acids is 3. The van der Waals surface area contributed by atoms with Gasteiger partial charge in [0.25, 0.3) is 0 Å². The van der Waals surface area contributed by atoms with Crippen LogP contribution in [0.3, 0.4) is 0 Å². The molecular formula is C24H27N3O5. The van der Waals surface area contributed by atoms with Crippen molar-refractivity contribution in [2.45, 2.75) is 27.2 Å². The largest absolute Gasteiger partial charge is 0.465 e. The third kappa shape index (κ3) is 5.14. The minimum atomic E-state index is -0.531. The van der Waals surface area contributed by atoms with E-state index < -0.39 is 17.9 Å². The number of rotatable bonds is 8. The number of amides is 1. The van der Waals surface area contributed by atoms with Crippen molar-refractivity contribution in [3.05, 3.63) is 54.2 Å². The Hall–Kier alpha value is -3.68. The molecule has 32 heavy (non-hydrogen) atoms. The van der Waals surface area contributed by atoms with E-state index in [9.17, 15) is 14.4 Å². The zero-order chi connectivity index (χ0) is 23.3. The number of ether oxygens (including phenoxy) is 2. The summed E-state index contributed by atoms with van der Waals surface area (Å²) >= 11 is 0. The summed E-state index contributed by atoms with van der Waals surface area (Å²) in [5.41, 5.74) is 1.95. The molecule has 0 spiro atoms. The van der Waals surface area contributed by atoms with E-state index in [1.807, 2.05) is 44.2 Å². The summed E-state index contributed by atoms with van der Waals surface area (Å²) in [5, 5.41) is 2.96. The molecule has 8 nitrogen and oxygen atoms in total. The summed E-state index contributed by atoms with van der Waals surface area (Å²) in [6, 6.07) is 12.7. The molecular weight excluding hydrogens is 410 g/mol. The molecule has 1 aromatic carbocycles. The summed E-state index contributed by atoms with van der Waals surface area (Å²) in [4.78, 5) is 41.5. The summed E-state index contributed by atoms with van der Waals surface area (Å²) in [5.74, 6) is -1.12. The molecule has 0 aliphatic rings. The van der Waals surface area contributed by atoms with Gasteiger partial charge in [0.2, 0.25) is 5.91 Å². The third-order valence-corrected chi connectivity index (χ3v) is 4.96. The monoisotopic (exact) mass is 437 g/mol. The number of aromatic nitrogens is 2. The van der Waals surface area contributed by atoms with Crippen LogP contribution < -0.4 is 5.32 Å². The van der Waals surface area contributed by atoms with Gasteiger partial charge in [0.1, 0.15) is 23.7 Å². The molecule has 1 unspecified atom stereocenters. The van der Waals surface area contributed by atoms with Crippen LogP contribution in [0.5, 0.6) is 0 Å². The number of methoxy groups -OCH3 is 1. The lowest BCUT2D eigenvalue weighted by Crippen LogP contribution is -2.29. The normalized spacial score (nSPS) is 11.9. The summed E-state index contributed by atoms with van der Waals surface area (Å²) in [6.45, 7) is 5.31. The minimum Gasteiger partial charge on any atom is -0.465 e. The van der Waals surface area contributed by atoms with Crippen LogP contribution in [0.1, 0.15) is 37.6 Å². The first-order chi connectivity index (χ1) is 15.3. The predicted octanol–water partition coefficient (Wildman–Crippen LogP) is 3.95. The van der Waals surface area contributed by atoms with Gasteiger partial charge in [0.15, 0.2) is 5.65 Å². The van der Waals surface area contributed by atoms with Crippen molar-refractivity contribution >= 4 is 29.3 Å². The van der Waals surface area contributed by atoms with Crippen molar-refractivity contribution < 1.29 is 23.9 Å². The second-order valence-electron chi connectivity index (χ2n) is 7.90. The molecule has 0 aliphatic heterocycles. The van der Waals surface area contributed by atoms with Crippen molar-refractivity contribution in [1.82, 2.24) is 9.38 Å². The van der Waals surface area contributed by atoms with Gasteiger partial charge in [-0.25, -0.2) is 9.78 Å². The molecule has 0 saturated heterocycles. The highest BCUT2D eigenvalue weighted by Crippen LogP contribution is 2.31. The summed E-state index contributed by atoms with van der Waals surface area (Å²) in [6.07, 6.45) is 2.27. The standard InChI is InChI=1S/C24H27N3O5/c1-15(2)13-18(14-32-16(3)28)23(29)26-22-20(17-9-6-5-7-10-17)25-21-19(24(30)31-4)11-8-12-27(21)22/h5-12,15,18H,13-14H2,1-4H3,(H,26,29). The molecule has 1 N–H and O–H groups in total. The number of imidazole rings is 1. The van der Waals surface area contributed by atoms with Crippen molar-refractivity contribution in [1.29, 1.82) is 0 Å². The van der Waals surface area contributed by atoms with Crippen LogP contribution in [-0.4, -0.2) is 40.9 Å². The van der Waals surface area contributed by atoms with Crippen LogP contribution in [0.15, 0.2) is 48.7 Å². The van der Waals surface area contributed by atoms with Crippen LogP contribution in [0, 0.1) is 11.8 Å². The molecule has 8 heteroatoms. The third-order valence-electron chi connectivity index (χ3n) is 4.96. The Morgan fingerprint density at radius 2 is 1.81 bits per heavy atom. The Labute approximate surface area is 186 Å². The second kappa shape index (κ2) is 10.1. The Balaban J connectivity index is 2.08. The highest BCUT2D eigenvalue weighted by molar-refractivity contribution is 6.00. The van der Waals surface area contributed by atoms with Gasteiger partial charge in [-0.05, 0) is 24.5 Å². The second-order valence-corrected chi connectivity index (χ2v) is 7.90. The summed E-state index contributed by atoms with van der Waals surface area (Å²) < 4.78 is 11.7. The van der Waals surface area contributed by atoms with Crippen molar-refractivity contribution in [3.8, 4) is 11.3 Å². The number of esters is 2. The van der Waals surface area contributed by atoms with Gasteiger partial charge < -0.3 is 14.8 Å². The van der Waals surface area contributed by atoms with Gasteiger partial charge in [-0.3, -0.25) is 14.0 Å². The maximum absolute atomic E-state index is 13.2. The molecule has 0 saturated carbocycles. The fourth-order valence-corrected chi connectivity index (χ4v) is 3.51. The van der Waals surface area contributed by atoms with Gasteiger partial charge in [0, 0.05) is 18.7 Å². The number of nitrogens with zero attached hydrogens (tertiary/aromatic N) is 2. The highest BCUT2D eigenvalue weighted by atomic mass is 16.5. The minimum absolute atomic E-state index is 0.00976. The molecule has 1 atom stereocenters. The van der Waals surface area contributed by atoms with E-state index in [1.165, 1.54) is 14.0 Å². The maximum atomic E-state index is 13.2. The lowest BCUT2D eigenvalue weighted by molar-refractivity contribution is -0.143. The van der Waals surface area contributed by atoms with Crippen molar-refractivity contribution in [2.75, 3.05) is 19.0 Å². The first-order valence-corrected chi connectivity index (χ1v) is 10.4. The van der Waals surface area contributed by atoms with Crippen molar-refractivity contribution in [2.24, 2.45) is 11.8 Å². The van der Waals surface area contributed by atoms with Crippen LogP contribution in [0.4, 0.5) is 5.82 Å². The van der Waals surface area contributed by atoms with Crippen LogP contribution in [0.25, 0.3) is 16.9 Å². The maximum Gasteiger partial charge on any atom is 0.341 e. The topological polar surface area (TPSA) is 99.0 Å². The average Bonchev–Trinajstić information content (AvgIpc) is 3.14. The molecule has 0 aliphatic carbocycles. The number of hydrogen-bond acceptors (Lipinski definition) is 6. The van der Waals surface area contributed by atoms with E-state index in [4.69, 9.17) is 9.47 Å². The molecule has 1 amide bonds. The van der Waals surface area contributed by atoms with Crippen LogP contribution >= 0.6 is 0 Å². The lowest BCUT2D eigenvalue weighted by Gasteiger charge is -2.18. The molecule has 3 rings (SSSR count). The predicted molar refractivity (Wildman–Crippen MR) is 120 cm³/mol. The quantitative estimate of drug-likeness (QED) is 0.536. The van der Waals surface area contributed by atoms with Gasteiger partial charge in [-0.1, -0.05) is 44.2 Å². The van der Waals surface area contributed by atoms with E-state index in [-0.39, 0.29) is 24.0 Å². The van der Waals surface area contributed by atoms with E-state index in [2.05, 4.69) is 10.3 Å². The Kier molecular flexibility index (Phi) is 7.25. The SMILES string of the molecule is COC(=O)c1cccn2c(NC(=O)C(COC(C)=O)CC(C)C)c(-c3ccccc3)nc12. The number of benzene rings is 1. The number of anilines is 1. The number of nitrogens with one attached hydrogen (secondary N) is 1. The van der Waals surface area contributed by atoms with Crippen LogP contribution in [-0.2, 0) is 19.1 Å². The van der Waals surface area contributed by atoms with Crippen LogP contribution in [0.2, 0.25) is 0 Å². The average molecular weight is 437 g/mol.